The molecule has 0 bridgehead atoms. The van der Waals surface area contributed by atoms with Crippen LogP contribution in [0.3, 0.4) is 0 Å². The third-order valence-electron chi connectivity index (χ3n) is 6.71. The molecule has 1 atom stereocenters. The number of nitrogens with one attached hydrogen (secondary N) is 1. The Hall–Kier alpha value is -2.39. The molecule has 0 aromatic heterocycles. The molecule has 2 heterocycles. The average Bonchev–Trinajstić information content (AvgIpc) is 3.38. The second-order valence-electron chi connectivity index (χ2n) is 8.18. The van der Waals surface area contributed by atoms with E-state index >= 15 is 0 Å². The minimum absolute atomic E-state index is 0.132. The van der Waals surface area contributed by atoms with Crippen LogP contribution >= 0.6 is 0 Å². The van der Waals surface area contributed by atoms with Gasteiger partial charge in [0.1, 0.15) is 0 Å². The first-order valence-electron chi connectivity index (χ1n) is 10.1. The zero-order valence-corrected chi connectivity index (χ0v) is 15.7. The maximum Gasteiger partial charge on any atom is 0.253 e. The van der Waals surface area contributed by atoms with E-state index in [1.165, 1.54) is 23.1 Å². The lowest BCUT2D eigenvalue weighted by Crippen LogP contribution is -2.44. The van der Waals surface area contributed by atoms with Crippen molar-refractivity contribution in [1.29, 1.82) is 0 Å². The summed E-state index contributed by atoms with van der Waals surface area (Å²) in [6.45, 7) is 3.80. The third kappa shape index (κ3) is 2.90. The smallest absolute Gasteiger partial charge is 0.253 e. The molecule has 3 nitrogen and oxygen atoms in total. The fraction of sp³-hybridized carbons (Fsp3) is 0.375. The predicted molar refractivity (Wildman–Crippen MR) is 109 cm³/mol. The van der Waals surface area contributed by atoms with Gasteiger partial charge in [-0.1, -0.05) is 48.6 Å². The van der Waals surface area contributed by atoms with Gasteiger partial charge in [-0.3, -0.25) is 4.79 Å². The molecule has 1 unspecified atom stereocenters. The minimum Gasteiger partial charge on any atom is -0.339 e. The zero-order chi connectivity index (χ0) is 18.3. The van der Waals surface area contributed by atoms with Crippen molar-refractivity contribution < 1.29 is 4.79 Å². The number of rotatable bonds is 2. The Morgan fingerprint density at radius 3 is 2.56 bits per heavy atom. The van der Waals surface area contributed by atoms with Crippen molar-refractivity contribution in [3.63, 3.8) is 0 Å². The number of piperidine rings is 1. The highest BCUT2D eigenvalue weighted by Crippen LogP contribution is 2.43. The topological polar surface area (TPSA) is 32.3 Å². The first kappa shape index (κ1) is 16.8. The van der Waals surface area contributed by atoms with Gasteiger partial charge in [-0.05, 0) is 60.5 Å². The number of hydrogen-bond acceptors (Lipinski definition) is 2. The van der Waals surface area contributed by atoms with Crippen molar-refractivity contribution >= 4 is 12.0 Å². The summed E-state index contributed by atoms with van der Waals surface area (Å²) in [6.07, 6.45) is 7.83. The number of fused-ring (bicyclic) bond motifs is 2. The van der Waals surface area contributed by atoms with Crippen LogP contribution in [0.5, 0.6) is 0 Å². The Balaban J connectivity index is 1.27. The monoisotopic (exact) mass is 358 g/mol. The van der Waals surface area contributed by atoms with E-state index in [1.807, 2.05) is 17.0 Å². The SMILES string of the molecule is O=C(c1ccc(C2CCNC2)cc1)N1CCC2(C=Cc3ccccc32)CC1. The van der Waals surface area contributed by atoms with Crippen molar-refractivity contribution in [1.82, 2.24) is 10.2 Å². The van der Waals surface area contributed by atoms with Crippen LogP contribution in [0.2, 0.25) is 0 Å². The molecule has 1 N–H and O–H groups in total. The molecule has 1 spiro atoms. The molecule has 2 aromatic carbocycles. The average molecular weight is 358 g/mol. The molecule has 2 aliphatic heterocycles. The van der Waals surface area contributed by atoms with Crippen LogP contribution in [0, 0.1) is 0 Å². The van der Waals surface area contributed by atoms with E-state index in [0.717, 1.165) is 44.6 Å². The Labute approximate surface area is 161 Å². The summed E-state index contributed by atoms with van der Waals surface area (Å²) in [7, 11) is 0. The van der Waals surface area contributed by atoms with Gasteiger partial charge < -0.3 is 10.2 Å². The fourth-order valence-electron chi connectivity index (χ4n) is 5.00. The van der Waals surface area contributed by atoms with E-state index in [1.54, 1.807) is 0 Å². The maximum absolute atomic E-state index is 13.0. The molecule has 138 valence electrons. The van der Waals surface area contributed by atoms with Crippen LogP contribution in [-0.4, -0.2) is 37.0 Å². The van der Waals surface area contributed by atoms with E-state index in [-0.39, 0.29) is 11.3 Å². The van der Waals surface area contributed by atoms with Crippen LogP contribution in [0.1, 0.15) is 52.2 Å². The van der Waals surface area contributed by atoms with Crippen LogP contribution in [0.25, 0.3) is 6.08 Å². The first-order chi connectivity index (χ1) is 13.3. The summed E-state index contributed by atoms with van der Waals surface area (Å²) in [4.78, 5) is 15.0. The Bertz CT molecular complexity index is 870. The molecule has 1 aliphatic carbocycles. The number of carbonyl (C=O) groups excluding carboxylic acids is 1. The van der Waals surface area contributed by atoms with Crippen LogP contribution in [-0.2, 0) is 5.41 Å². The van der Waals surface area contributed by atoms with Gasteiger partial charge in [0.25, 0.3) is 5.91 Å². The van der Waals surface area contributed by atoms with Gasteiger partial charge in [-0.2, -0.15) is 0 Å². The lowest BCUT2D eigenvalue weighted by molar-refractivity contribution is 0.0690. The molecule has 3 heteroatoms. The Morgan fingerprint density at radius 2 is 1.81 bits per heavy atom. The number of carbonyl (C=O) groups is 1. The van der Waals surface area contributed by atoms with Crippen molar-refractivity contribution in [2.24, 2.45) is 0 Å². The molecule has 5 rings (SSSR count). The number of benzene rings is 2. The predicted octanol–water partition coefficient (Wildman–Crippen LogP) is 3.96. The summed E-state index contributed by atoms with van der Waals surface area (Å²) < 4.78 is 0. The Morgan fingerprint density at radius 1 is 1.04 bits per heavy atom. The van der Waals surface area contributed by atoms with Gasteiger partial charge in [0.15, 0.2) is 0 Å². The standard InChI is InChI=1S/C24H26N2O/c27-23(20-7-5-18(6-8-20)21-10-14-25-17-21)26-15-12-24(13-16-26)11-9-19-3-1-2-4-22(19)24/h1-9,11,21,25H,10,12-17H2. The summed E-state index contributed by atoms with van der Waals surface area (Å²) in [6, 6.07) is 17.0. The number of likely N-dealkylation sites (tertiary alicyclic amines) is 1. The highest BCUT2D eigenvalue weighted by atomic mass is 16.2. The van der Waals surface area contributed by atoms with E-state index in [9.17, 15) is 4.79 Å². The normalized spacial score (nSPS) is 23.0. The lowest BCUT2D eigenvalue weighted by atomic mass is 9.74. The van der Waals surface area contributed by atoms with Crippen molar-refractivity contribution in [3.05, 3.63) is 76.9 Å². The Kier molecular flexibility index (Phi) is 4.13. The van der Waals surface area contributed by atoms with Crippen molar-refractivity contribution in [2.75, 3.05) is 26.2 Å². The second-order valence-corrected chi connectivity index (χ2v) is 8.18. The molecule has 2 aromatic rings. The van der Waals surface area contributed by atoms with Crippen LogP contribution in [0.15, 0.2) is 54.6 Å². The van der Waals surface area contributed by atoms with Gasteiger partial charge in [-0.25, -0.2) is 0 Å². The van der Waals surface area contributed by atoms with Gasteiger partial charge in [0.2, 0.25) is 0 Å². The van der Waals surface area contributed by atoms with Gasteiger partial charge in [0.05, 0.1) is 0 Å². The van der Waals surface area contributed by atoms with Crippen molar-refractivity contribution in [2.45, 2.75) is 30.6 Å². The van der Waals surface area contributed by atoms with Gasteiger partial charge >= 0.3 is 0 Å². The summed E-state index contributed by atoms with van der Waals surface area (Å²) >= 11 is 0. The van der Waals surface area contributed by atoms with Gasteiger partial charge in [0, 0.05) is 30.6 Å². The van der Waals surface area contributed by atoms with E-state index in [2.05, 4.69) is 53.9 Å². The number of hydrogen-bond donors (Lipinski definition) is 1. The highest BCUT2D eigenvalue weighted by molar-refractivity contribution is 5.94. The zero-order valence-electron chi connectivity index (χ0n) is 15.7. The third-order valence-corrected chi connectivity index (χ3v) is 6.71. The second kappa shape index (κ2) is 6.65. The number of amides is 1. The molecule has 3 aliphatic rings. The maximum atomic E-state index is 13.0. The molecule has 0 radical (unpaired) electrons. The molecule has 0 saturated carbocycles. The van der Waals surface area contributed by atoms with E-state index < -0.39 is 0 Å². The largest absolute Gasteiger partial charge is 0.339 e. The summed E-state index contributed by atoms with van der Waals surface area (Å²) in [5, 5.41) is 3.41. The van der Waals surface area contributed by atoms with E-state index in [4.69, 9.17) is 0 Å². The molecule has 27 heavy (non-hydrogen) atoms. The fourth-order valence-corrected chi connectivity index (χ4v) is 5.00. The molecule has 2 saturated heterocycles. The van der Waals surface area contributed by atoms with Crippen molar-refractivity contribution in [3.8, 4) is 0 Å². The van der Waals surface area contributed by atoms with Crippen LogP contribution in [0.4, 0.5) is 0 Å². The molecular weight excluding hydrogens is 332 g/mol. The number of allylic oxidation sites excluding steroid dienone is 1. The summed E-state index contributed by atoms with van der Waals surface area (Å²) in [5.41, 5.74) is 5.08. The lowest BCUT2D eigenvalue weighted by Gasteiger charge is -2.39. The number of nitrogens with zero attached hydrogens (tertiary/aromatic N) is 1. The summed E-state index contributed by atoms with van der Waals surface area (Å²) in [5.74, 6) is 0.773. The first-order valence-corrected chi connectivity index (χ1v) is 10.1. The molecule has 2 fully saturated rings. The van der Waals surface area contributed by atoms with E-state index in [0.29, 0.717) is 5.92 Å². The highest BCUT2D eigenvalue weighted by Gasteiger charge is 2.38. The van der Waals surface area contributed by atoms with Gasteiger partial charge in [-0.15, -0.1) is 0 Å². The minimum atomic E-state index is 0.132. The quantitative estimate of drug-likeness (QED) is 0.881. The molecule has 1 amide bonds. The molecular formula is C24H26N2O. The van der Waals surface area contributed by atoms with Crippen LogP contribution < -0.4 is 5.32 Å².